The molecular formula is C22H24N2O2. The van der Waals surface area contributed by atoms with E-state index < -0.39 is 0 Å². The van der Waals surface area contributed by atoms with Crippen molar-refractivity contribution in [2.75, 3.05) is 13.2 Å². The fourth-order valence-electron chi connectivity index (χ4n) is 3.77. The first-order valence-corrected chi connectivity index (χ1v) is 9.31. The van der Waals surface area contributed by atoms with Crippen molar-refractivity contribution in [3.05, 3.63) is 65.9 Å². The van der Waals surface area contributed by atoms with Crippen LogP contribution < -0.4 is 4.74 Å². The molecule has 0 atom stereocenters. The van der Waals surface area contributed by atoms with Crippen molar-refractivity contribution < 1.29 is 9.53 Å². The smallest absolute Gasteiger partial charge is 0.260 e. The highest BCUT2D eigenvalue weighted by Gasteiger charge is 2.22. The standard InChI is InChI=1S/C22H24N2O2/c1-2-12-23-14-18-11-13-24(15-17-7-6-10-20(23)22(17)18)21(25)16-26-19-8-4-3-5-9-19/h3-10,14H,2,11-13,15-16H2,1H3. The first kappa shape index (κ1) is 16.7. The van der Waals surface area contributed by atoms with Crippen molar-refractivity contribution in [3.63, 3.8) is 0 Å². The number of aromatic nitrogens is 1. The lowest BCUT2D eigenvalue weighted by molar-refractivity contribution is -0.133. The van der Waals surface area contributed by atoms with Crippen LogP contribution in [0.1, 0.15) is 24.5 Å². The summed E-state index contributed by atoms with van der Waals surface area (Å²) in [6, 6.07) is 15.9. The fraction of sp³-hybridized carbons (Fsp3) is 0.318. The Morgan fingerprint density at radius 2 is 1.92 bits per heavy atom. The molecule has 0 bridgehead atoms. The first-order valence-electron chi connectivity index (χ1n) is 9.31. The summed E-state index contributed by atoms with van der Waals surface area (Å²) in [7, 11) is 0. The van der Waals surface area contributed by atoms with E-state index in [0.29, 0.717) is 6.54 Å². The van der Waals surface area contributed by atoms with Gasteiger partial charge in [-0.2, -0.15) is 0 Å². The second-order valence-electron chi connectivity index (χ2n) is 6.83. The monoisotopic (exact) mass is 348 g/mol. The van der Waals surface area contributed by atoms with Crippen molar-refractivity contribution in [1.29, 1.82) is 0 Å². The van der Waals surface area contributed by atoms with E-state index in [2.05, 4.69) is 35.9 Å². The summed E-state index contributed by atoms with van der Waals surface area (Å²) in [6.45, 7) is 4.70. The highest BCUT2D eigenvalue weighted by Crippen LogP contribution is 2.29. The van der Waals surface area contributed by atoms with E-state index >= 15 is 0 Å². The molecule has 1 aliphatic heterocycles. The van der Waals surface area contributed by atoms with Crippen LogP contribution in [0.4, 0.5) is 0 Å². The number of rotatable bonds is 5. The van der Waals surface area contributed by atoms with Gasteiger partial charge in [0.1, 0.15) is 5.75 Å². The molecule has 1 aliphatic rings. The second-order valence-corrected chi connectivity index (χ2v) is 6.83. The summed E-state index contributed by atoms with van der Waals surface area (Å²) in [5, 5.41) is 1.33. The van der Waals surface area contributed by atoms with Gasteiger partial charge in [-0.3, -0.25) is 4.79 Å². The number of carbonyl (C=O) groups excluding carboxylic acids is 1. The number of amides is 1. The van der Waals surface area contributed by atoms with E-state index in [9.17, 15) is 4.79 Å². The minimum absolute atomic E-state index is 0.0393. The van der Waals surface area contributed by atoms with Crippen LogP contribution >= 0.6 is 0 Å². The quantitative estimate of drug-likeness (QED) is 0.698. The van der Waals surface area contributed by atoms with Gasteiger partial charge in [-0.1, -0.05) is 37.3 Å². The van der Waals surface area contributed by atoms with Crippen molar-refractivity contribution >= 4 is 16.8 Å². The minimum atomic E-state index is 0.0393. The topological polar surface area (TPSA) is 34.5 Å². The van der Waals surface area contributed by atoms with Crippen LogP contribution in [0.3, 0.4) is 0 Å². The molecule has 2 heterocycles. The molecule has 26 heavy (non-hydrogen) atoms. The van der Waals surface area contributed by atoms with Crippen LogP contribution in [0.15, 0.2) is 54.7 Å². The average Bonchev–Trinajstić information content (AvgIpc) is 2.91. The summed E-state index contributed by atoms with van der Waals surface area (Å²) in [5.41, 5.74) is 3.87. The predicted molar refractivity (Wildman–Crippen MR) is 103 cm³/mol. The van der Waals surface area contributed by atoms with Crippen molar-refractivity contribution in [2.45, 2.75) is 32.9 Å². The van der Waals surface area contributed by atoms with E-state index in [-0.39, 0.29) is 12.5 Å². The molecule has 3 aromatic rings. The van der Waals surface area contributed by atoms with E-state index in [1.165, 1.54) is 22.0 Å². The summed E-state index contributed by atoms with van der Waals surface area (Å²) in [6.07, 6.45) is 4.28. The lowest BCUT2D eigenvalue weighted by Crippen LogP contribution is -2.35. The Bertz CT molecular complexity index is 915. The molecule has 0 saturated carbocycles. The highest BCUT2D eigenvalue weighted by atomic mass is 16.5. The van der Waals surface area contributed by atoms with Crippen LogP contribution in [0.5, 0.6) is 5.75 Å². The van der Waals surface area contributed by atoms with E-state index in [1.807, 2.05) is 35.2 Å². The maximum Gasteiger partial charge on any atom is 0.260 e. The lowest BCUT2D eigenvalue weighted by atomic mass is 10.1. The second kappa shape index (κ2) is 7.24. The molecule has 0 spiro atoms. The molecule has 2 aromatic carbocycles. The van der Waals surface area contributed by atoms with Crippen LogP contribution in [0, 0.1) is 0 Å². The van der Waals surface area contributed by atoms with Gasteiger partial charge in [-0.05, 0) is 42.2 Å². The number of ether oxygens (including phenoxy) is 1. The molecule has 4 rings (SSSR count). The molecule has 134 valence electrons. The molecule has 0 unspecified atom stereocenters. The number of nitrogens with zero attached hydrogens (tertiary/aromatic N) is 2. The van der Waals surface area contributed by atoms with Crippen molar-refractivity contribution in [2.24, 2.45) is 0 Å². The third-order valence-corrected chi connectivity index (χ3v) is 5.01. The average molecular weight is 348 g/mol. The van der Waals surface area contributed by atoms with Crippen LogP contribution in [-0.2, 0) is 24.3 Å². The van der Waals surface area contributed by atoms with E-state index in [1.54, 1.807) is 0 Å². The van der Waals surface area contributed by atoms with Gasteiger partial charge in [0.2, 0.25) is 0 Å². The molecule has 0 radical (unpaired) electrons. The van der Waals surface area contributed by atoms with Gasteiger partial charge in [0, 0.05) is 36.7 Å². The van der Waals surface area contributed by atoms with Gasteiger partial charge in [0.25, 0.3) is 5.91 Å². The molecule has 0 fully saturated rings. The predicted octanol–water partition coefficient (Wildman–Crippen LogP) is 4.02. The third-order valence-electron chi connectivity index (χ3n) is 5.01. The Morgan fingerprint density at radius 3 is 2.73 bits per heavy atom. The number of hydrogen-bond acceptors (Lipinski definition) is 2. The minimum Gasteiger partial charge on any atom is -0.484 e. The zero-order valence-electron chi connectivity index (χ0n) is 15.1. The molecule has 0 N–H and O–H groups in total. The summed E-state index contributed by atoms with van der Waals surface area (Å²) in [5.74, 6) is 0.771. The highest BCUT2D eigenvalue weighted by molar-refractivity contribution is 5.88. The van der Waals surface area contributed by atoms with Crippen LogP contribution in [0.25, 0.3) is 10.9 Å². The molecule has 4 nitrogen and oxygen atoms in total. The third kappa shape index (κ3) is 3.19. The Balaban J connectivity index is 1.53. The van der Waals surface area contributed by atoms with Crippen LogP contribution in [-0.4, -0.2) is 28.5 Å². The number of para-hydroxylation sites is 1. The summed E-state index contributed by atoms with van der Waals surface area (Å²) >= 11 is 0. The molecule has 0 aliphatic carbocycles. The van der Waals surface area contributed by atoms with Gasteiger partial charge in [0.05, 0.1) is 0 Å². The Labute approximate surface area is 154 Å². The van der Waals surface area contributed by atoms with Crippen molar-refractivity contribution in [1.82, 2.24) is 9.47 Å². The lowest BCUT2D eigenvalue weighted by Gasteiger charge is -2.21. The van der Waals surface area contributed by atoms with Gasteiger partial charge in [-0.15, -0.1) is 0 Å². The Kier molecular flexibility index (Phi) is 4.65. The number of benzene rings is 2. The molecule has 0 saturated heterocycles. The molecule has 4 heteroatoms. The Hall–Kier alpha value is -2.75. The van der Waals surface area contributed by atoms with Gasteiger partial charge < -0.3 is 14.2 Å². The normalized spacial score (nSPS) is 13.7. The van der Waals surface area contributed by atoms with Crippen LogP contribution in [0.2, 0.25) is 0 Å². The van der Waals surface area contributed by atoms with E-state index in [4.69, 9.17) is 4.74 Å². The fourth-order valence-corrected chi connectivity index (χ4v) is 3.77. The molecular weight excluding hydrogens is 324 g/mol. The van der Waals surface area contributed by atoms with E-state index in [0.717, 1.165) is 31.7 Å². The maximum absolute atomic E-state index is 12.7. The SMILES string of the molecule is CCCn1cc2c3c(cccc31)CN(C(=O)COc1ccccc1)CC2. The van der Waals surface area contributed by atoms with Crippen molar-refractivity contribution in [3.8, 4) is 5.75 Å². The Morgan fingerprint density at radius 1 is 1.08 bits per heavy atom. The summed E-state index contributed by atoms with van der Waals surface area (Å²) in [4.78, 5) is 14.6. The summed E-state index contributed by atoms with van der Waals surface area (Å²) < 4.78 is 8.00. The number of hydrogen-bond donors (Lipinski definition) is 0. The van der Waals surface area contributed by atoms with Gasteiger partial charge >= 0.3 is 0 Å². The molecule has 1 aromatic heterocycles. The largest absolute Gasteiger partial charge is 0.484 e. The maximum atomic E-state index is 12.7. The number of aryl methyl sites for hydroxylation is 1. The van der Waals surface area contributed by atoms with Gasteiger partial charge in [-0.25, -0.2) is 0 Å². The zero-order valence-corrected chi connectivity index (χ0v) is 15.1. The van der Waals surface area contributed by atoms with Gasteiger partial charge in [0.15, 0.2) is 6.61 Å². The zero-order chi connectivity index (χ0) is 17.9. The molecule has 1 amide bonds. The first-order chi connectivity index (χ1) is 12.8. The number of carbonyl (C=O) groups is 1.